The first kappa shape index (κ1) is 15.5. The van der Waals surface area contributed by atoms with Gasteiger partial charge < -0.3 is 0 Å². The van der Waals surface area contributed by atoms with Gasteiger partial charge in [-0.3, -0.25) is 19.8 Å². The van der Waals surface area contributed by atoms with Gasteiger partial charge in [0.05, 0.1) is 6.42 Å². The van der Waals surface area contributed by atoms with Gasteiger partial charge in [0.1, 0.15) is 5.41 Å². The Labute approximate surface area is 108 Å². The normalized spacial score (nSPS) is 19.6. The van der Waals surface area contributed by atoms with Crippen molar-refractivity contribution in [2.24, 2.45) is 5.41 Å². The van der Waals surface area contributed by atoms with Gasteiger partial charge in [-0.05, 0) is 12.8 Å². The molecule has 0 spiro atoms. The maximum Gasteiger partial charge on any atom is 0.390 e. The van der Waals surface area contributed by atoms with Gasteiger partial charge in [-0.1, -0.05) is 13.8 Å². The lowest BCUT2D eigenvalue weighted by Crippen LogP contribution is -2.63. The molecule has 0 atom stereocenters. The summed E-state index contributed by atoms with van der Waals surface area (Å²) in [6, 6.07) is -1.09. The quantitative estimate of drug-likeness (QED) is 0.799. The summed E-state index contributed by atoms with van der Waals surface area (Å²) in [7, 11) is 0. The Hall–Kier alpha value is -1.60. The highest BCUT2D eigenvalue weighted by Gasteiger charge is 2.51. The fourth-order valence-corrected chi connectivity index (χ4v) is 2.05. The molecule has 0 unspecified atom stereocenters. The summed E-state index contributed by atoms with van der Waals surface area (Å²) in [5.41, 5.74) is -1.44. The predicted molar refractivity (Wildman–Crippen MR) is 58.9 cm³/mol. The smallest absolute Gasteiger partial charge is 0.277 e. The second-order valence-corrected chi connectivity index (χ2v) is 4.37. The molecule has 0 aromatic rings. The number of rotatable bonds is 4. The Morgan fingerprint density at radius 3 is 2.11 bits per heavy atom. The van der Waals surface area contributed by atoms with Crippen molar-refractivity contribution in [3.63, 3.8) is 0 Å². The molecule has 1 fully saturated rings. The van der Waals surface area contributed by atoms with Crippen LogP contribution in [0.5, 0.6) is 0 Å². The third-order valence-corrected chi connectivity index (χ3v) is 3.38. The average Bonchev–Trinajstić information content (AvgIpc) is 2.28. The maximum absolute atomic E-state index is 12.2. The Kier molecular flexibility index (Phi) is 4.21. The summed E-state index contributed by atoms with van der Waals surface area (Å²) < 4.78 is 36.5. The van der Waals surface area contributed by atoms with Crippen LogP contribution in [-0.4, -0.2) is 35.5 Å². The molecule has 0 aliphatic carbocycles. The Morgan fingerprint density at radius 2 is 1.68 bits per heavy atom. The molecule has 8 heteroatoms. The molecule has 1 aliphatic rings. The first-order valence-electron chi connectivity index (χ1n) is 5.92. The van der Waals surface area contributed by atoms with E-state index in [1.165, 1.54) is 0 Å². The number of nitrogens with one attached hydrogen (secondary N) is 1. The number of nitrogens with zero attached hydrogens (tertiary/aromatic N) is 1. The van der Waals surface area contributed by atoms with Crippen molar-refractivity contribution in [2.45, 2.75) is 39.3 Å². The van der Waals surface area contributed by atoms with E-state index in [0.29, 0.717) is 4.90 Å². The van der Waals surface area contributed by atoms with Gasteiger partial charge in [0.2, 0.25) is 11.8 Å². The summed E-state index contributed by atoms with van der Waals surface area (Å²) in [6.45, 7) is 2.39. The second-order valence-electron chi connectivity index (χ2n) is 4.37. The molecule has 1 N–H and O–H groups in total. The van der Waals surface area contributed by atoms with Crippen LogP contribution in [0, 0.1) is 5.41 Å². The third kappa shape index (κ3) is 2.87. The highest BCUT2D eigenvalue weighted by atomic mass is 19.4. The van der Waals surface area contributed by atoms with Gasteiger partial charge in [0.15, 0.2) is 0 Å². The van der Waals surface area contributed by atoms with Gasteiger partial charge in [0, 0.05) is 6.54 Å². The third-order valence-electron chi connectivity index (χ3n) is 3.38. The van der Waals surface area contributed by atoms with E-state index in [9.17, 15) is 27.6 Å². The topological polar surface area (TPSA) is 66.5 Å². The molecule has 0 aromatic heterocycles. The van der Waals surface area contributed by atoms with Crippen molar-refractivity contribution in [1.82, 2.24) is 10.2 Å². The van der Waals surface area contributed by atoms with Crippen LogP contribution in [0.4, 0.5) is 18.0 Å². The van der Waals surface area contributed by atoms with Crippen LogP contribution in [0.3, 0.4) is 0 Å². The number of barbiturate groups is 1. The minimum absolute atomic E-state index is 0.129. The van der Waals surface area contributed by atoms with Crippen molar-refractivity contribution in [2.75, 3.05) is 6.54 Å². The molecule has 1 heterocycles. The SMILES string of the molecule is CCC1(CC)C(=O)NC(=O)N(CCC(F)(F)F)C1=O. The molecule has 19 heavy (non-hydrogen) atoms. The van der Waals surface area contributed by atoms with Crippen LogP contribution in [0.1, 0.15) is 33.1 Å². The van der Waals surface area contributed by atoms with Crippen LogP contribution in [0.15, 0.2) is 0 Å². The molecule has 0 aromatic carbocycles. The number of urea groups is 1. The number of imide groups is 2. The van der Waals surface area contributed by atoms with Crippen LogP contribution in [-0.2, 0) is 9.59 Å². The van der Waals surface area contributed by atoms with Gasteiger partial charge in [0.25, 0.3) is 0 Å². The van der Waals surface area contributed by atoms with Crippen molar-refractivity contribution >= 4 is 17.8 Å². The van der Waals surface area contributed by atoms with E-state index in [0.717, 1.165) is 0 Å². The molecular formula is C11H15F3N2O3. The largest absolute Gasteiger partial charge is 0.390 e. The van der Waals surface area contributed by atoms with Gasteiger partial charge in [-0.15, -0.1) is 0 Å². The fraction of sp³-hybridized carbons (Fsp3) is 0.727. The fourth-order valence-electron chi connectivity index (χ4n) is 2.05. The first-order valence-corrected chi connectivity index (χ1v) is 5.92. The number of halogens is 3. The maximum atomic E-state index is 12.2. The number of amides is 4. The molecule has 108 valence electrons. The molecule has 4 amide bonds. The van der Waals surface area contributed by atoms with Gasteiger partial charge in [-0.25, -0.2) is 4.79 Å². The molecule has 5 nitrogen and oxygen atoms in total. The van der Waals surface area contributed by atoms with E-state index >= 15 is 0 Å². The summed E-state index contributed by atoms with van der Waals surface area (Å²) in [4.78, 5) is 35.8. The van der Waals surface area contributed by atoms with Gasteiger partial charge >= 0.3 is 12.2 Å². The van der Waals surface area contributed by atoms with Crippen LogP contribution < -0.4 is 5.32 Å². The zero-order chi connectivity index (χ0) is 14.8. The molecule has 1 aliphatic heterocycles. The lowest BCUT2D eigenvalue weighted by Gasteiger charge is -2.38. The minimum Gasteiger partial charge on any atom is -0.277 e. The first-order chi connectivity index (χ1) is 8.68. The monoisotopic (exact) mass is 280 g/mol. The van der Waals surface area contributed by atoms with E-state index in [4.69, 9.17) is 0 Å². The van der Waals surface area contributed by atoms with E-state index in [1.807, 2.05) is 5.32 Å². The number of alkyl halides is 3. The lowest BCUT2D eigenvalue weighted by atomic mass is 9.78. The standard InChI is InChI=1S/C11H15F3N2O3/c1-3-10(4-2)7(17)15-9(19)16(8(10)18)6-5-11(12,13)14/h3-6H2,1-2H3,(H,15,17,19). The second kappa shape index (κ2) is 5.18. The molecule has 1 rings (SSSR count). The summed E-state index contributed by atoms with van der Waals surface area (Å²) in [5.74, 6) is -1.59. The van der Waals surface area contributed by atoms with E-state index < -0.39 is 42.4 Å². The number of hydrogen-bond acceptors (Lipinski definition) is 3. The minimum atomic E-state index is -4.47. The van der Waals surface area contributed by atoms with Crippen LogP contribution in [0.2, 0.25) is 0 Å². The average molecular weight is 280 g/mol. The van der Waals surface area contributed by atoms with Gasteiger partial charge in [-0.2, -0.15) is 13.2 Å². The predicted octanol–water partition coefficient (Wildman–Crippen LogP) is 1.82. The summed E-state index contributed by atoms with van der Waals surface area (Å²) in [6.07, 6.45) is -5.50. The van der Waals surface area contributed by atoms with Crippen molar-refractivity contribution in [3.8, 4) is 0 Å². The lowest BCUT2D eigenvalue weighted by molar-refractivity contribution is -0.156. The zero-order valence-electron chi connectivity index (χ0n) is 10.6. The van der Waals surface area contributed by atoms with E-state index in [1.54, 1.807) is 13.8 Å². The highest BCUT2D eigenvalue weighted by Crippen LogP contribution is 2.33. The number of carbonyl (C=O) groups is 3. The summed E-state index contributed by atoms with van der Waals surface area (Å²) in [5, 5.41) is 1.95. The van der Waals surface area contributed by atoms with E-state index in [2.05, 4.69) is 0 Å². The van der Waals surface area contributed by atoms with Crippen LogP contribution >= 0.6 is 0 Å². The Morgan fingerprint density at radius 1 is 1.16 bits per heavy atom. The van der Waals surface area contributed by atoms with E-state index in [-0.39, 0.29) is 12.8 Å². The molecule has 0 bridgehead atoms. The van der Waals surface area contributed by atoms with Crippen LogP contribution in [0.25, 0.3) is 0 Å². The molecular weight excluding hydrogens is 265 g/mol. The van der Waals surface area contributed by atoms with Crippen molar-refractivity contribution in [3.05, 3.63) is 0 Å². The highest BCUT2D eigenvalue weighted by molar-refractivity contribution is 6.19. The Balaban J connectivity index is 2.96. The molecule has 0 saturated carbocycles. The Bertz CT molecular complexity index is 402. The molecule has 1 saturated heterocycles. The van der Waals surface area contributed by atoms with Crippen molar-refractivity contribution < 1.29 is 27.6 Å². The number of hydrogen-bond donors (Lipinski definition) is 1. The number of carbonyl (C=O) groups excluding carboxylic acids is 3. The zero-order valence-corrected chi connectivity index (χ0v) is 10.6. The molecule has 0 radical (unpaired) electrons. The summed E-state index contributed by atoms with van der Waals surface area (Å²) >= 11 is 0. The van der Waals surface area contributed by atoms with Crippen molar-refractivity contribution in [1.29, 1.82) is 0 Å².